The Hall–Kier alpha value is -2.34. The number of aliphatic imine (C=N–C) groups is 1. The minimum atomic E-state index is -0.924. The van der Waals surface area contributed by atoms with Crippen LogP contribution in [-0.2, 0) is 16.6 Å². The summed E-state index contributed by atoms with van der Waals surface area (Å²) >= 11 is 0. The Bertz CT molecular complexity index is 910. The van der Waals surface area contributed by atoms with E-state index in [2.05, 4.69) is 35.8 Å². The first-order valence-corrected chi connectivity index (χ1v) is 12.9. The first-order chi connectivity index (χ1) is 15.2. The van der Waals surface area contributed by atoms with Crippen LogP contribution in [-0.4, -0.2) is 34.6 Å². The minimum Gasteiger partial charge on any atom is -0.487 e. The molecular weight excluding hydrogens is 406 g/mol. The Kier molecular flexibility index (Phi) is 7.28. The van der Waals surface area contributed by atoms with Gasteiger partial charge in [-0.2, -0.15) is 0 Å². The highest BCUT2D eigenvalue weighted by atomic mass is 32.2. The fourth-order valence-corrected chi connectivity index (χ4v) is 5.65. The van der Waals surface area contributed by atoms with Crippen molar-refractivity contribution < 1.29 is 8.95 Å². The van der Waals surface area contributed by atoms with E-state index in [1.54, 1.807) is 0 Å². The molecule has 6 heteroatoms. The van der Waals surface area contributed by atoms with Gasteiger partial charge in [0.1, 0.15) is 11.4 Å². The Morgan fingerprint density at radius 3 is 2.65 bits per heavy atom. The van der Waals surface area contributed by atoms with Gasteiger partial charge in [-0.3, -0.25) is 9.20 Å². The minimum absolute atomic E-state index is 0.0550. The molecule has 1 aliphatic heterocycles. The van der Waals surface area contributed by atoms with Crippen LogP contribution in [0, 0.1) is 0 Å². The quantitative estimate of drug-likeness (QED) is 0.498. The smallest absolute Gasteiger partial charge is 0.191 e. The second kappa shape index (κ2) is 10.3. The van der Waals surface area contributed by atoms with E-state index >= 15 is 0 Å². The maximum Gasteiger partial charge on any atom is 0.191 e. The fourth-order valence-electron chi connectivity index (χ4n) is 4.65. The summed E-state index contributed by atoms with van der Waals surface area (Å²) < 4.78 is 18.9. The van der Waals surface area contributed by atoms with Crippen LogP contribution in [0.3, 0.4) is 0 Å². The average Bonchev–Trinajstić information content (AvgIpc) is 3.21. The van der Waals surface area contributed by atoms with Crippen LogP contribution in [0.2, 0.25) is 0 Å². The molecule has 1 spiro atoms. The van der Waals surface area contributed by atoms with Gasteiger partial charge in [0.2, 0.25) is 0 Å². The molecule has 2 N–H and O–H groups in total. The van der Waals surface area contributed by atoms with Crippen molar-refractivity contribution in [3.63, 3.8) is 0 Å². The molecule has 2 aliphatic rings. The number of hydrogen-bond acceptors (Lipinski definition) is 3. The van der Waals surface area contributed by atoms with Gasteiger partial charge >= 0.3 is 0 Å². The highest BCUT2D eigenvalue weighted by Gasteiger charge is 2.43. The molecular formula is C25H33N3O2S. The molecule has 0 aromatic heterocycles. The Morgan fingerprint density at radius 1 is 1.13 bits per heavy atom. The SMILES string of the molecule is CCNC(=NCCS(=O)Cc1ccccc1)NC1CC2(CCCC2)Oc2ccccc21. The van der Waals surface area contributed by atoms with Crippen molar-refractivity contribution >= 4 is 16.8 Å². The normalized spacial score (nSPS) is 20.7. The van der Waals surface area contributed by atoms with E-state index in [1.807, 2.05) is 36.4 Å². The van der Waals surface area contributed by atoms with Crippen molar-refractivity contribution in [2.75, 3.05) is 18.8 Å². The number of fused-ring (bicyclic) bond motifs is 1. The predicted octanol–water partition coefficient (Wildman–Crippen LogP) is 4.33. The van der Waals surface area contributed by atoms with Crippen LogP contribution < -0.4 is 15.4 Å². The summed E-state index contributed by atoms with van der Waals surface area (Å²) in [5.74, 6) is 2.91. The summed E-state index contributed by atoms with van der Waals surface area (Å²) in [5.41, 5.74) is 2.24. The second-order valence-corrected chi connectivity index (χ2v) is 10.0. The van der Waals surface area contributed by atoms with Crippen molar-refractivity contribution in [3.8, 4) is 5.75 Å². The molecule has 4 rings (SSSR count). The number of hydrogen-bond donors (Lipinski definition) is 2. The summed E-state index contributed by atoms with van der Waals surface area (Å²) in [4.78, 5) is 4.74. The van der Waals surface area contributed by atoms with Crippen molar-refractivity contribution in [2.24, 2.45) is 4.99 Å². The molecule has 2 unspecified atom stereocenters. The Morgan fingerprint density at radius 2 is 1.87 bits per heavy atom. The third-order valence-electron chi connectivity index (χ3n) is 6.13. The zero-order valence-corrected chi connectivity index (χ0v) is 19.1. The van der Waals surface area contributed by atoms with Gasteiger partial charge in [0.25, 0.3) is 0 Å². The highest BCUT2D eigenvalue weighted by molar-refractivity contribution is 7.84. The van der Waals surface area contributed by atoms with Crippen molar-refractivity contribution in [2.45, 2.75) is 56.4 Å². The lowest BCUT2D eigenvalue weighted by Crippen LogP contribution is -2.46. The maximum atomic E-state index is 12.5. The zero-order valence-electron chi connectivity index (χ0n) is 18.3. The van der Waals surface area contributed by atoms with Gasteiger partial charge in [0.15, 0.2) is 5.96 Å². The molecule has 5 nitrogen and oxygen atoms in total. The van der Waals surface area contributed by atoms with E-state index < -0.39 is 10.8 Å². The van der Waals surface area contributed by atoms with Crippen LogP contribution in [0.25, 0.3) is 0 Å². The molecule has 1 aliphatic carbocycles. The van der Waals surface area contributed by atoms with Gasteiger partial charge in [0.05, 0.1) is 12.6 Å². The Balaban J connectivity index is 1.41. The number of ether oxygens (including phenoxy) is 1. The molecule has 0 amide bonds. The lowest BCUT2D eigenvalue weighted by Gasteiger charge is -2.40. The number of benzene rings is 2. The predicted molar refractivity (Wildman–Crippen MR) is 128 cm³/mol. The average molecular weight is 440 g/mol. The third-order valence-corrected chi connectivity index (χ3v) is 7.42. The molecule has 1 saturated carbocycles. The lowest BCUT2D eigenvalue weighted by molar-refractivity contribution is 0.0396. The van der Waals surface area contributed by atoms with E-state index in [9.17, 15) is 4.21 Å². The summed E-state index contributed by atoms with van der Waals surface area (Å²) in [6.45, 7) is 3.39. The lowest BCUT2D eigenvalue weighted by atomic mass is 9.86. The van der Waals surface area contributed by atoms with Gasteiger partial charge in [-0.05, 0) is 44.2 Å². The van der Waals surface area contributed by atoms with E-state index in [4.69, 9.17) is 9.73 Å². The van der Waals surface area contributed by atoms with E-state index in [-0.39, 0.29) is 11.6 Å². The molecule has 1 fully saturated rings. The molecule has 0 saturated heterocycles. The summed E-state index contributed by atoms with van der Waals surface area (Å²) in [5, 5.41) is 7.01. The molecule has 2 aromatic rings. The van der Waals surface area contributed by atoms with E-state index in [0.29, 0.717) is 18.1 Å². The van der Waals surface area contributed by atoms with Gasteiger partial charge in [-0.25, -0.2) is 0 Å². The van der Waals surface area contributed by atoms with Crippen LogP contribution in [0.15, 0.2) is 59.6 Å². The fraction of sp³-hybridized carbons (Fsp3) is 0.480. The topological polar surface area (TPSA) is 62.7 Å². The van der Waals surface area contributed by atoms with Crippen molar-refractivity contribution in [1.29, 1.82) is 0 Å². The summed E-state index contributed by atoms with van der Waals surface area (Å²) in [7, 11) is -0.924. The third kappa shape index (κ3) is 5.67. The number of guanidine groups is 1. The van der Waals surface area contributed by atoms with Gasteiger partial charge in [-0.1, -0.05) is 48.5 Å². The van der Waals surface area contributed by atoms with Gasteiger partial charge in [-0.15, -0.1) is 0 Å². The zero-order chi connectivity index (χ0) is 21.5. The number of para-hydroxylation sites is 1. The first kappa shape index (κ1) is 21.9. The standard InChI is InChI=1S/C25H33N3O2S/c1-2-26-24(27-16-17-31(29)19-20-10-4-3-5-11-20)28-22-18-25(14-8-9-15-25)30-23-13-7-6-12-21(22)23/h3-7,10-13,22H,2,8-9,14-19H2,1H3,(H2,26,27,28). The molecule has 166 valence electrons. The van der Waals surface area contributed by atoms with Gasteiger partial charge < -0.3 is 15.4 Å². The molecule has 0 bridgehead atoms. The number of nitrogens with zero attached hydrogens (tertiary/aromatic N) is 1. The van der Waals surface area contributed by atoms with Crippen LogP contribution in [0.1, 0.15) is 56.2 Å². The molecule has 2 aromatic carbocycles. The largest absolute Gasteiger partial charge is 0.487 e. The van der Waals surface area contributed by atoms with Crippen molar-refractivity contribution in [1.82, 2.24) is 10.6 Å². The second-order valence-electron chi connectivity index (χ2n) is 8.47. The maximum absolute atomic E-state index is 12.5. The molecule has 0 radical (unpaired) electrons. The molecule has 2 atom stereocenters. The van der Waals surface area contributed by atoms with E-state index in [0.717, 1.165) is 43.1 Å². The highest BCUT2D eigenvalue weighted by Crippen LogP contribution is 2.46. The molecule has 31 heavy (non-hydrogen) atoms. The van der Waals surface area contributed by atoms with E-state index in [1.165, 1.54) is 18.4 Å². The summed E-state index contributed by atoms with van der Waals surface area (Å²) in [6, 6.07) is 18.5. The first-order valence-electron chi connectivity index (χ1n) is 11.4. The van der Waals surface area contributed by atoms with Crippen molar-refractivity contribution in [3.05, 3.63) is 65.7 Å². The Labute approximate surface area is 188 Å². The summed E-state index contributed by atoms with van der Waals surface area (Å²) in [6.07, 6.45) is 5.65. The number of nitrogens with one attached hydrogen (secondary N) is 2. The van der Waals surface area contributed by atoms with Gasteiger partial charge in [0, 0.05) is 40.8 Å². The van der Waals surface area contributed by atoms with Crippen LogP contribution in [0.5, 0.6) is 5.75 Å². The van der Waals surface area contributed by atoms with Crippen LogP contribution >= 0.6 is 0 Å². The molecule has 1 heterocycles. The monoisotopic (exact) mass is 439 g/mol. The number of rotatable bonds is 7. The van der Waals surface area contributed by atoms with Crippen LogP contribution in [0.4, 0.5) is 0 Å².